The zero-order valence-corrected chi connectivity index (χ0v) is 17.8. The maximum Gasteiger partial charge on any atom is 0.237 e. The molecule has 8 heteroatoms. The van der Waals surface area contributed by atoms with Crippen molar-refractivity contribution in [1.82, 2.24) is 15.5 Å². The molecule has 1 fully saturated rings. The lowest BCUT2D eigenvalue weighted by molar-refractivity contribution is -0.134. The van der Waals surface area contributed by atoms with E-state index in [1.165, 1.54) is 4.88 Å². The van der Waals surface area contributed by atoms with Gasteiger partial charge in [0.15, 0.2) is 0 Å². The first kappa shape index (κ1) is 21.1. The van der Waals surface area contributed by atoms with E-state index in [-0.39, 0.29) is 18.2 Å². The SMILES string of the molecule is COc1ccc(CN2CCNC(=O)[C@H]2CC(=O)NCc2ccc(C)s2)c(OC)c1. The van der Waals surface area contributed by atoms with Gasteiger partial charge in [-0.05, 0) is 25.1 Å². The van der Waals surface area contributed by atoms with Crippen LogP contribution >= 0.6 is 11.3 Å². The van der Waals surface area contributed by atoms with E-state index >= 15 is 0 Å². The van der Waals surface area contributed by atoms with Crippen LogP contribution in [0.1, 0.15) is 21.7 Å². The van der Waals surface area contributed by atoms with Crippen LogP contribution in [0.25, 0.3) is 0 Å². The second-order valence-electron chi connectivity index (χ2n) is 6.95. The maximum absolute atomic E-state index is 12.5. The molecule has 1 aromatic carbocycles. The number of ether oxygens (including phenoxy) is 2. The van der Waals surface area contributed by atoms with Gasteiger partial charge in [-0.2, -0.15) is 0 Å². The lowest BCUT2D eigenvalue weighted by Crippen LogP contribution is -2.56. The van der Waals surface area contributed by atoms with Crippen molar-refractivity contribution in [1.29, 1.82) is 0 Å². The first-order chi connectivity index (χ1) is 14.0. The molecule has 1 aliphatic heterocycles. The smallest absolute Gasteiger partial charge is 0.237 e. The average Bonchev–Trinajstić information content (AvgIpc) is 3.14. The van der Waals surface area contributed by atoms with Crippen LogP contribution in [0.5, 0.6) is 11.5 Å². The Hall–Kier alpha value is -2.58. The monoisotopic (exact) mass is 417 g/mol. The third kappa shape index (κ3) is 5.48. The third-order valence-electron chi connectivity index (χ3n) is 4.94. The van der Waals surface area contributed by atoms with E-state index in [0.717, 1.165) is 10.4 Å². The summed E-state index contributed by atoms with van der Waals surface area (Å²) in [5.74, 6) is 1.16. The standard InChI is InChI=1S/C21H27N3O4S/c1-14-4-7-17(29-14)12-23-20(25)11-18-21(26)22-8-9-24(18)13-15-5-6-16(27-2)10-19(15)28-3/h4-7,10,18H,8-9,11-13H2,1-3H3,(H,22,26)(H,23,25)/t18-/m1/s1. The molecule has 0 spiro atoms. The summed E-state index contributed by atoms with van der Waals surface area (Å²) in [6.45, 7) is 4.27. The van der Waals surface area contributed by atoms with Gasteiger partial charge in [-0.25, -0.2) is 0 Å². The Labute approximate surface area is 175 Å². The highest BCUT2D eigenvalue weighted by atomic mass is 32.1. The molecule has 2 N–H and O–H groups in total. The summed E-state index contributed by atoms with van der Waals surface area (Å²) in [6, 6.07) is 9.15. The number of nitrogens with one attached hydrogen (secondary N) is 2. The highest BCUT2D eigenvalue weighted by Crippen LogP contribution is 2.27. The van der Waals surface area contributed by atoms with Gasteiger partial charge in [-0.3, -0.25) is 14.5 Å². The number of hydrogen-bond donors (Lipinski definition) is 2. The van der Waals surface area contributed by atoms with Crippen LogP contribution in [0.4, 0.5) is 0 Å². The van der Waals surface area contributed by atoms with E-state index < -0.39 is 6.04 Å². The highest BCUT2D eigenvalue weighted by molar-refractivity contribution is 7.11. The zero-order chi connectivity index (χ0) is 20.8. The molecular formula is C21H27N3O4S. The van der Waals surface area contributed by atoms with E-state index in [9.17, 15) is 9.59 Å². The van der Waals surface area contributed by atoms with Crippen molar-refractivity contribution in [3.63, 3.8) is 0 Å². The fourth-order valence-electron chi connectivity index (χ4n) is 3.39. The van der Waals surface area contributed by atoms with Crippen LogP contribution in [0.3, 0.4) is 0 Å². The minimum atomic E-state index is -0.513. The molecule has 156 valence electrons. The lowest BCUT2D eigenvalue weighted by atomic mass is 10.1. The number of benzene rings is 1. The number of nitrogens with zero attached hydrogens (tertiary/aromatic N) is 1. The number of carbonyl (C=O) groups is 2. The van der Waals surface area contributed by atoms with Crippen molar-refractivity contribution in [2.24, 2.45) is 0 Å². The Bertz CT molecular complexity index is 867. The van der Waals surface area contributed by atoms with Gasteiger partial charge in [0, 0.05) is 41.0 Å². The summed E-state index contributed by atoms with van der Waals surface area (Å²) in [5.41, 5.74) is 0.947. The summed E-state index contributed by atoms with van der Waals surface area (Å²) in [5, 5.41) is 5.79. The average molecular weight is 418 g/mol. The molecule has 7 nitrogen and oxygen atoms in total. The van der Waals surface area contributed by atoms with E-state index in [1.54, 1.807) is 25.6 Å². The van der Waals surface area contributed by atoms with Gasteiger partial charge in [-0.1, -0.05) is 6.07 Å². The number of amides is 2. The van der Waals surface area contributed by atoms with Gasteiger partial charge in [0.1, 0.15) is 11.5 Å². The fourth-order valence-corrected chi connectivity index (χ4v) is 4.22. The van der Waals surface area contributed by atoms with E-state index in [4.69, 9.17) is 9.47 Å². The third-order valence-corrected chi connectivity index (χ3v) is 5.94. The van der Waals surface area contributed by atoms with Crippen molar-refractivity contribution >= 4 is 23.2 Å². The summed E-state index contributed by atoms with van der Waals surface area (Å²) in [6.07, 6.45) is 0.120. The molecular weight excluding hydrogens is 390 g/mol. The van der Waals surface area contributed by atoms with Gasteiger partial charge in [0.05, 0.1) is 33.2 Å². The molecule has 29 heavy (non-hydrogen) atoms. The molecule has 1 atom stereocenters. The van der Waals surface area contributed by atoms with Crippen LogP contribution < -0.4 is 20.1 Å². The summed E-state index contributed by atoms with van der Waals surface area (Å²) >= 11 is 1.66. The predicted octanol–water partition coefficient (Wildman–Crippen LogP) is 2.08. The topological polar surface area (TPSA) is 79.9 Å². The van der Waals surface area contributed by atoms with Crippen LogP contribution in [0.15, 0.2) is 30.3 Å². The van der Waals surface area contributed by atoms with E-state index in [1.807, 2.05) is 42.2 Å². The number of rotatable bonds is 8. The van der Waals surface area contributed by atoms with Crippen LogP contribution in [0, 0.1) is 6.92 Å². The molecule has 1 aromatic heterocycles. The second-order valence-corrected chi connectivity index (χ2v) is 8.32. The molecule has 0 saturated carbocycles. The molecule has 0 radical (unpaired) electrons. The number of hydrogen-bond acceptors (Lipinski definition) is 6. The minimum absolute atomic E-state index is 0.120. The Kier molecular flexibility index (Phi) is 7.11. The molecule has 2 heterocycles. The van der Waals surface area contributed by atoms with Crippen molar-refractivity contribution < 1.29 is 19.1 Å². The van der Waals surface area contributed by atoms with Crippen molar-refractivity contribution in [2.75, 3.05) is 27.3 Å². The van der Waals surface area contributed by atoms with Gasteiger partial charge in [0.2, 0.25) is 11.8 Å². The first-order valence-electron chi connectivity index (χ1n) is 9.55. The van der Waals surface area contributed by atoms with Gasteiger partial charge < -0.3 is 20.1 Å². The molecule has 2 amide bonds. The number of thiophene rings is 1. The highest BCUT2D eigenvalue weighted by Gasteiger charge is 2.32. The number of methoxy groups -OCH3 is 2. The van der Waals surface area contributed by atoms with Crippen molar-refractivity contribution in [3.8, 4) is 11.5 Å². The Morgan fingerprint density at radius 3 is 2.79 bits per heavy atom. The van der Waals surface area contributed by atoms with Crippen LogP contribution in [-0.4, -0.2) is 50.1 Å². The second kappa shape index (κ2) is 9.76. The van der Waals surface area contributed by atoms with Crippen LogP contribution in [0.2, 0.25) is 0 Å². The van der Waals surface area contributed by atoms with E-state index in [0.29, 0.717) is 37.7 Å². The van der Waals surface area contributed by atoms with Gasteiger partial charge >= 0.3 is 0 Å². The molecule has 2 aromatic rings. The van der Waals surface area contributed by atoms with Crippen LogP contribution in [-0.2, 0) is 22.7 Å². The Morgan fingerprint density at radius 2 is 2.10 bits per heavy atom. The summed E-state index contributed by atoms with van der Waals surface area (Å²) in [4.78, 5) is 29.3. The Balaban J connectivity index is 1.65. The fraction of sp³-hybridized carbons (Fsp3) is 0.429. The maximum atomic E-state index is 12.5. The zero-order valence-electron chi connectivity index (χ0n) is 17.0. The molecule has 1 aliphatic rings. The molecule has 0 aliphatic carbocycles. The van der Waals surface area contributed by atoms with Gasteiger partial charge in [-0.15, -0.1) is 11.3 Å². The van der Waals surface area contributed by atoms with E-state index in [2.05, 4.69) is 10.6 Å². The normalized spacial score (nSPS) is 16.9. The summed E-state index contributed by atoms with van der Waals surface area (Å²) in [7, 11) is 3.22. The predicted molar refractivity (Wildman–Crippen MR) is 112 cm³/mol. The number of aryl methyl sites for hydroxylation is 1. The first-order valence-corrected chi connectivity index (χ1v) is 10.4. The van der Waals surface area contributed by atoms with Crippen molar-refractivity contribution in [3.05, 3.63) is 45.6 Å². The van der Waals surface area contributed by atoms with Gasteiger partial charge in [0.25, 0.3) is 0 Å². The van der Waals surface area contributed by atoms with Crippen molar-refractivity contribution in [2.45, 2.75) is 32.5 Å². The molecule has 3 rings (SSSR count). The Morgan fingerprint density at radius 1 is 1.28 bits per heavy atom. The molecule has 0 bridgehead atoms. The number of carbonyl (C=O) groups excluding carboxylic acids is 2. The quantitative estimate of drug-likeness (QED) is 0.688. The molecule has 1 saturated heterocycles. The minimum Gasteiger partial charge on any atom is -0.497 e. The number of piperazine rings is 1. The molecule has 0 unspecified atom stereocenters. The summed E-state index contributed by atoms with van der Waals surface area (Å²) < 4.78 is 10.7. The lowest BCUT2D eigenvalue weighted by Gasteiger charge is -2.35. The largest absolute Gasteiger partial charge is 0.497 e.